The van der Waals surface area contributed by atoms with Crippen LogP contribution in [0.25, 0.3) is 0 Å². The molecule has 1 aromatic carbocycles. The first kappa shape index (κ1) is 15.3. The molecular formula is C15H21N3O3. The van der Waals surface area contributed by atoms with Crippen molar-refractivity contribution in [2.24, 2.45) is 11.7 Å². The number of benzene rings is 1. The van der Waals surface area contributed by atoms with Crippen molar-refractivity contribution >= 4 is 12.0 Å². The molecule has 2 amide bonds. The lowest BCUT2D eigenvalue weighted by Crippen LogP contribution is -2.36. The van der Waals surface area contributed by atoms with Crippen molar-refractivity contribution in [3.63, 3.8) is 0 Å². The number of ether oxygens (including phenoxy) is 1. The van der Waals surface area contributed by atoms with Crippen LogP contribution in [0.2, 0.25) is 0 Å². The van der Waals surface area contributed by atoms with Crippen LogP contribution in [0, 0.1) is 5.92 Å². The first-order valence-electron chi connectivity index (χ1n) is 7.11. The van der Waals surface area contributed by atoms with Crippen molar-refractivity contribution in [2.75, 3.05) is 26.2 Å². The third-order valence-corrected chi connectivity index (χ3v) is 3.52. The zero-order valence-electron chi connectivity index (χ0n) is 12.0. The Morgan fingerprint density at radius 3 is 2.81 bits per heavy atom. The molecule has 114 valence electrons. The maximum absolute atomic E-state index is 12.0. The van der Waals surface area contributed by atoms with Crippen LogP contribution in [0.4, 0.5) is 4.79 Å². The molecule has 0 unspecified atom stereocenters. The van der Waals surface area contributed by atoms with Crippen LogP contribution >= 0.6 is 0 Å². The Bertz CT molecular complexity index is 478. The van der Waals surface area contributed by atoms with Crippen LogP contribution < -0.4 is 11.1 Å². The largest absolute Gasteiger partial charge is 0.445 e. The zero-order chi connectivity index (χ0) is 15.1. The van der Waals surface area contributed by atoms with Gasteiger partial charge in [0.15, 0.2) is 0 Å². The van der Waals surface area contributed by atoms with Gasteiger partial charge in [0.25, 0.3) is 0 Å². The summed E-state index contributed by atoms with van der Waals surface area (Å²) in [6.45, 7) is 2.11. The minimum atomic E-state index is -0.300. The second-order valence-electron chi connectivity index (χ2n) is 5.15. The SMILES string of the molecule is NCC(=O)NC[C@H]1CCN(C(=O)OCc2ccccc2)C1. The third-order valence-electron chi connectivity index (χ3n) is 3.52. The van der Waals surface area contributed by atoms with Crippen molar-refractivity contribution in [1.82, 2.24) is 10.2 Å². The summed E-state index contributed by atoms with van der Waals surface area (Å²) in [7, 11) is 0. The summed E-state index contributed by atoms with van der Waals surface area (Å²) < 4.78 is 5.29. The quantitative estimate of drug-likeness (QED) is 0.837. The molecule has 3 N–H and O–H groups in total. The van der Waals surface area contributed by atoms with E-state index >= 15 is 0 Å². The summed E-state index contributed by atoms with van der Waals surface area (Å²) in [6.07, 6.45) is 0.567. The Morgan fingerprint density at radius 1 is 1.33 bits per heavy atom. The molecule has 1 fully saturated rings. The molecule has 0 bridgehead atoms. The van der Waals surface area contributed by atoms with E-state index in [4.69, 9.17) is 10.5 Å². The highest BCUT2D eigenvalue weighted by Gasteiger charge is 2.27. The number of nitrogens with zero attached hydrogens (tertiary/aromatic N) is 1. The minimum absolute atomic E-state index is 0.00441. The van der Waals surface area contributed by atoms with Crippen LogP contribution in [-0.4, -0.2) is 43.1 Å². The van der Waals surface area contributed by atoms with E-state index < -0.39 is 0 Å². The maximum atomic E-state index is 12.0. The molecule has 0 radical (unpaired) electrons. The van der Waals surface area contributed by atoms with E-state index in [0.29, 0.717) is 19.6 Å². The lowest BCUT2D eigenvalue weighted by Gasteiger charge is -2.16. The predicted octanol–water partition coefficient (Wildman–Crippen LogP) is 0.720. The number of carbonyl (C=O) groups is 2. The van der Waals surface area contributed by atoms with Gasteiger partial charge in [0, 0.05) is 19.6 Å². The van der Waals surface area contributed by atoms with Crippen LogP contribution in [0.5, 0.6) is 0 Å². The van der Waals surface area contributed by atoms with E-state index in [0.717, 1.165) is 12.0 Å². The first-order valence-corrected chi connectivity index (χ1v) is 7.11. The Kier molecular flexibility index (Phi) is 5.57. The molecule has 6 heteroatoms. The fourth-order valence-corrected chi connectivity index (χ4v) is 2.31. The number of nitrogens with two attached hydrogens (primary N) is 1. The van der Waals surface area contributed by atoms with Gasteiger partial charge in [-0.1, -0.05) is 30.3 Å². The zero-order valence-corrected chi connectivity index (χ0v) is 12.0. The summed E-state index contributed by atoms with van der Waals surface area (Å²) in [5.41, 5.74) is 6.20. The fraction of sp³-hybridized carbons (Fsp3) is 0.467. The van der Waals surface area contributed by atoms with Crippen LogP contribution in [0.1, 0.15) is 12.0 Å². The highest BCUT2D eigenvalue weighted by Crippen LogP contribution is 2.16. The molecule has 0 saturated carbocycles. The number of likely N-dealkylation sites (tertiary alicyclic amines) is 1. The molecule has 2 rings (SSSR count). The van der Waals surface area contributed by atoms with Crippen molar-refractivity contribution in [3.8, 4) is 0 Å². The van der Waals surface area contributed by atoms with Gasteiger partial charge in [-0.2, -0.15) is 0 Å². The number of amides is 2. The van der Waals surface area contributed by atoms with Gasteiger partial charge < -0.3 is 20.7 Å². The van der Waals surface area contributed by atoms with Gasteiger partial charge in [0.2, 0.25) is 5.91 Å². The number of nitrogens with one attached hydrogen (secondary N) is 1. The number of hydrogen-bond acceptors (Lipinski definition) is 4. The molecule has 1 aliphatic rings. The molecule has 21 heavy (non-hydrogen) atoms. The van der Waals surface area contributed by atoms with Crippen LogP contribution in [0.15, 0.2) is 30.3 Å². The Labute approximate surface area is 124 Å². The molecular weight excluding hydrogens is 270 g/mol. The van der Waals surface area contributed by atoms with Crippen molar-refractivity contribution < 1.29 is 14.3 Å². The lowest BCUT2D eigenvalue weighted by molar-refractivity contribution is -0.119. The van der Waals surface area contributed by atoms with Gasteiger partial charge >= 0.3 is 6.09 Å². The molecule has 1 aliphatic heterocycles. The van der Waals surface area contributed by atoms with E-state index in [1.807, 2.05) is 30.3 Å². The third kappa shape index (κ3) is 4.75. The monoisotopic (exact) mass is 291 g/mol. The number of hydrogen-bond donors (Lipinski definition) is 2. The summed E-state index contributed by atoms with van der Waals surface area (Å²) in [5, 5.41) is 2.75. The van der Waals surface area contributed by atoms with E-state index in [9.17, 15) is 9.59 Å². The molecule has 1 atom stereocenters. The highest BCUT2D eigenvalue weighted by molar-refractivity contribution is 5.77. The van der Waals surface area contributed by atoms with E-state index in [1.165, 1.54) is 0 Å². The standard InChI is InChI=1S/C15H21N3O3/c16-8-14(19)17-9-13-6-7-18(10-13)15(20)21-11-12-4-2-1-3-5-12/h1-5,13H,6-11,16H2,(H,17,19)/t13-/m1/s1. The molecule has 6 nitrogen and oxygen atoms in total. The average Bonchev–Trinajstić information content (AvgIpc) is 3.00. The van der Waals surface area contributed by atoms with E-state index in [1.54, 1.807) is 4.90 Å². The second-order valence-corrected chi connectivity index (χ2v) is 5.15. The minimum Gasteiger partial charge on any atom is -0.445 e. The Balaban J connectivity index is 1.71. The predicted molar refractivity (Wildman–Crippen MR) is 78.4 cm³/mol. The number of rotatable bonds is 5. The van der Waals surface area contributed by atoms with E-state index in [-0.39, 0.29) is 31.1 Å². The van der Waals surface area contributed by atoms with Crippen molar-refractivity contribution in [3.05, 3.63) is 35.9 Å². The van der Waals surface area contributed by atoms with Gasteiger partial charge in [-0.15, -0.1) is 0 Å². The normalized spacial score (nSPS) is 17.6. The average molecular weight is 291 g/mol. The molecule has 0 aliphatic carbocycles. The molecule has 0 aromatic heterocycles. The molecule has 1 heterocycles. The van der Waals surface area contributed by atoms with Gasteiger partial charge in [-0.05, 0) is 17.9 Å². The van der Waals surface area contributed by atoms with Crippen LogP contribution in [-0.2, 0) is 16.1 Å². The summed E-state index contributed by atoms with van der Waals surface area (Å²) >= 11 is 0. The van der Waals surface area contributed by atoms with Crippen molar-refractivity contribution in [2.45, 2.75) is 13.0 Å². The maximum Gasteiger partial charge on any atom is 0.410 e. The molecule has 0 spiro atoms. The fourth-order valence-electron chi connectivity index (χ4n) is 2.31. The van der Waals surface area contributed by atoms with Gasteiger partial charge in [-0.3, -0.25) is 4.79 Å². The topological polar surface area (TPSA) is 84.7 Å². The van der Waals surface area contributed by atoms with Crippen molar-refractivity contribution in [1.29, 1.82) is 0 Å². The van der Waals surface area contributed by atoms with E-state index in [2.05, 4.69) is 5.32 Å². The Hall–Kier alpha value is -2.08. The second kappa shape index (κ2) is 7.64. The number of carbonyl (C=O) groups excluding carboxylic acids is 2. The highest BCUT2D eigenvalue weighted by atomic mass is 16.6. The molecule has 1 aromatic rings. The Morgan fingerprint density at radius 2 is 2.10 bits per heavy atom. The molecule has 1 saturated heterocycles. The van der Waals surface area contributed by atoms with Gasteiger partial charge in [0.1, 0.15) is 6.61 Å². The van der Waals surface area contributed by atoms with Gasteiger partial charge in [-0.25, -0.2) is 4.79 Å². The first-order chi connectivity index (χ1) is 10.2. The summed E-state index contributed by atoms with van der Waals surface area (Å²) in [5.74, 6) is 0.102. The summed E-state index contributed by atoms with van der Waals surface area (Å²) in [4.78, 5) is 24.7. The smallest absolute Gasteiger partial charge is 0.410 e. The van der Waals surface area contributed by atoms with Gasteiger partial charge in [0.05, 0.1) is 6.54 Å². The summed E-state index contributed by atoms with van der Waals surface area (Å²) in [6, 6.07) is 9.58. The lowest BCUT2D eigenvalue weighted by atomic mass is 10.1. The van der Waals surface area contributed by atoms with Crippen LogP contribution in [0.3, 0.4) is 0 Å².